The fourth-order valence-electron chi connectivity index (χ4n) is 0.930. The van der Waals surface area contributed by atoms with Crippen molar-refractivity contribution in [2.75, 3.05) is 0 Å². The van der Waals surface area contributed by atoms with Crippen LogP contribution in [0.1, 0.15) is 13.8 Å². The Hall–Kier alpha value is -0.340. The molecule has 0 unspecified atom stereocenters. The van der Waals surface area contributed by atoms with Crippen molar-refractivity contribution >= 4 is 9.52 Å². The number of hydrogen-bond donors (Lipinski definition) is 0. The van der Waals surface area contributed by atoms with Crippen LogP contribution in [0.4, 0.5) is 0 Å². The van der Waals surface area contributed by atoms with E-state index in [0.717, 1.165) is 9.52 Å². The maximum atomic E-state index is 2.25. The molecule has 2 rings (SSSR count). The maximum Gasteiger partial charge on any atom is 4.00 e. The van der Waals surface area contributed by atoms with Gasteiger partial charge in [-0.05, 0) is 0 Å². The van der Waals surface area contributed by atoms with Crippen LogP contribution in [0, 0.1) is 0 Å². The molecule has 0 saturated carbocycles. The molecular weight excluding hydrogens is 325 g/mol. The van der Waals surface area contributed by atoms with Gasteiger partial charge < -0.3 is 9.41 Å². The summed E-state index contributed by atoms with van der Waals surface area (Å²) in [6.07, 6.45) is 0. The van der Waals surface area contributed by atoms with Crippen molar-refractivity contribution in [3.8, 4) is 0 Å². The van der Waals surface area contributed by atoms with Gasteiger partial charge in [-0.1, -0.05) is 25.9 Å². The average molecular weight is 347 g/mol. The Morgan fingerprint density at radius 1 is 0.722 bits per heavy atom. The second-order valence-corrected chi connectivity index (χ2v) is 5.24. The van der Waals surface area contributed by atoms with Crippen molar-refractivity contribution < 1.29 is 35.6 Å². The summed E-state index contributed by atoms with van der Waals surface area (Å²) >= 11 is 0. The Kier molecular flexibility index (Phi) is 37.2. The molecule has 0 aliphatic rings. The van der Waals surface area contributed by atoms with Crippen LogP contribution in [-0.4, -0.2) is 9.52 Å². The van der Waals surface area contributed by atoms with E-state index in [9.17, 15) is 0 Å². The summed E-state index contributed by atoms with van der Waals surface area (Å²) in [7, 11) is 0.815. The summed E-state index contributed by atoms with van der Waals surface area (Å²) in [4.78, 5) is 0. The normalized spacial score (nSPS) is 6.78. The summed E-state index contributed by atoms with van der Waals surface area (Å²) in [5, 5.41) is 0. The van der Waals surface area contributed by atoms with Gasteiger partial charge in [0.1, 0.15) is 0 Å². The third kappa shape index (κ3) is 24.8. The zero-order valence-electron chi connectivity index (χ0n) is 11.0. The molecule has 0 aromatic heterocycles. The predicted molar refractivity (Wildman–Crippen MR) is 72.2 cm³/mol. The Morgan fingerprint density at radius 2 is 1.00 bits per heavy atom. The van der Waals surface area contributed by atoms with Crippen LogP contribution in [0.2, 0.25) is 12.1 Å². The third-order valence-corrected chi connectivity index (χ3v) is 2.84. The van der Waals surface area contributed by atoms with Gasteiger partial charge in [-0.15, -0.1) is 0 Å². The monoisotopic (exact) mass is 345 g/mol. The molecule has 1 radical (unpaired) electrons. The van der Waals surface area contributed by atoms with Crippen molar-refractivity contribution in [3.05, 3.63) is 60.7 Å². The van der Waals surface area contributed by atoms with Crippen LogP contribution in [-0.2, 0) is 26.2 Å². The SMILES string of the molecule is CC[SiH]CC.[F-].[F-].[Zr+4].c1cc[cH-]c1.c1cc[cH-]c1. The minimum absolute atomic E-state index is 0. The topological polar surface area (TPSA) is 0 Å². The van der Waals surface area contributed by atoms with Gasteiger partial charge in [0.2, 0.25) is 0 Å². The largest absolute Gasteiger partial charge is 4.00 e. The van der Waals surface area contributed by atoms with E-state index in [1.807, 2.05) is 60.7 Å². The molecule has 0 bridgehead atoms. The fraction of sp³-hybridized carbons (Fsp3) is 0.286. The molecular formula is C14H21F2SiZr. The van der Waals surface area contributed by atoms with Crippen LogP contribution in [0.3, 0.4) is 0 Å². The Balaban J connectivity index is -0.0000000754. The molecule has 2 aromatic carbocycles. The molecule has 0 spiro atoms. The Labute approximate surface area is 131 Å². The zero-order valence-corrected chi connectivity index (χ0v) is 14.6. The second-order valence-electron chi connectivity index (χ2n) is 3.03. The first-order valence-electron chi connectivity index (χ1n) is 5.56. The first kappa shape index (κ1) is 26.3. The van der Waals surface area contributed by atoms with Crippen molar-refractivity contribution in [1.82, 2.24) is 0 Å². The quantitative estimate of drug-likeness (QED) is 0.441. The van der Waals surface area contributed by atoms with Crippen LogP contribution < -0.4 is 9.41 Å². The fourth-order valence-corrected chi connectivity index (χ4v) is 1.51. The van der Waals surface area contributed by atoms with E-state index >= 15 is 0 Å². The van der Waals surface area contributed by atoms with E-state index in [0.29, 0.717) is 0 Å². The summed E-state index contributed by atoms with van der Waals surface area (Å²) in [6, 6.07) is 22.9. The first-order valence-corrected chi connectivity index (χ1v) is 7.20. The van der Waals surface area contributed by atoms with Gasteiger partial charge in [0.15, 0.2) is 0 Å². The number of halogens is 2. The molecule has 99 valence electrons. The summed E-state index contributed by atoms with van der Waals surface area (Å²) in [5.74, 6) is 0. The van der Waals surface area contributed by atoms with Gasteiger partial charge in [-0.2, -0.15) is 36.4 Å². The van der Waals surface area contributed by atoms with Gasteiger partial charge >= 0.3 is 26.2 Å². The first-order chi connectivity index (χ1) is 7.41. The standard InChI is InChI=1S/2C5H5.C4H11Si.2FH.Zr/c2*1-2-4-5-3-1;1-3-5-4-2;;;/h2*1-5H;5H,3-4H2,1-2H3;2*1H;/q2*-1;;;;+4/p-2. The molecule has 0 heterocycles. The van der Waals surface area contributed by atoms with E-state index in [-0.39, 0.29) is 35.6 Å². The molecule has 0 amide bonds. The van der Waals surface area contributed by atoms with E-state index in [2.05, 4.69) is 13.8 Å². The van der Waals surface area contributed by atoms with Gasteiger partial charge in [-0.25, -0.2) is 24.3 Å². The van der Waals surface area contributed by atoms with E-state index < -0.39 is 0 Å². The van der Waals surface area contributed by atoms with E-state index in [4.69, 9.17) is 0 Å². The average Bonchev–Trinajstić information content (AvgIpc) is 2.99. The van der Waals surface area contributed by atoms with E-state index in [1.54, 1.807) is 0 Å². The van der Waals surface area contributed by atoms with Crippen LogP contribution >= 0.6 is 0 Å². The van der Waals surface area contributed by atoms with Crippen LogP contribution in [0.15, 0.2) is 60.7 Å². The maximum absolute atomic E-state index is 2.25. The molecule has 4 heteroatoms. The second kappa shape index (κ2) is 25.5. The molecule has 0 fully saturated rings. The summed E-state index contributed by atoms with van der Waals surface area (Å²) < 4.78 is 0. The molecule has 0 saturated heterocycles. The molecule has 0 aliphatic heterocycles. The van der Waals surface area contributed by atoms with Crippen LogP contribution in [0.25, 0.3) is 0 Å². The number of hydrogen-bond acceptors (Lipinski definition) is 0. The predicted octanol–water partition coefficient (Wildman–Crippen LogP) is -1.88. The smallest absolute Gasteiger partial charge is 1.00 e. The molecule has 0 nitrogen and oxygen atoms in total. The zero-order chi connectivity index (χ0) is 11.2. The van der Waals surface area contributed by atoms with Gasteiger partial charge in [0.25, 0.3) is 0 Å². The van der Waals surface area contributed by atoms with Crippen LogP contribution in [0.5, 0.6) is 0 Å². The molecule has 18 heavy (non-hydrogen) atoms. The van der Waals surface area contributed by atoms with Crippen molar-refractivity contribution in [2.24, 2.45) is 0 Å². The molecule has 2 aromatic rings. The summed E-state index contributed by atoms with van der Waals surface area (Å²) in [6.45, 7) is 4.50. The van der Waals surface area contributed by atoms with Gasteiger partial charge in [0, 0.05) is 9.52 Å². The number of rotatable bonds is 2. The van der Waals surface area contributed by atoms with Gasteiger partial charge in [0.05, 0.1) is 0 Å². The minimum Gasteiger partial charge on any atom is -1.00 e. The molecule has 0 aliphatic carbocycles. The van der Waals surface area contributed by atoms with E-state index in [1.165, 1.54) is 12.1 Å². The third-order valence-electron chi connectivity index (χ3n) is 1.69. The Morgan fingerprint density at radius 3 is 1.06 bits per heavy atom. The molecule has 0 atom stereocenters. The Bertz CT molecular complexity index is 194. The molecule has 0 N–H and O–H groups in total. The van der Waals surface area contributed by atoms with Gasteiger partial charge in [-0.3, -0.25) is 0 Å². The van der Waals surface area contributed by atoms with Crippen molar-refractivity contribution in [1.29, 1.82) is 0 Å². The van der Waals surface area contributed by atoms with Crippen molar-refractivity contribution in [3.63, 3.8) is 0 Å². The van der Waals surface area contributed by atoms with Crippen molar-refractivity contribution in [2.45, 2.75) is 25.9 Å². The minimum atomic E-state index is 0. The summed E-state index contributed by atoms with van der Waals surface area (Å²) in [5.41, 5.74) is 0.